The minimum atomic E-state index is 0.387. The molecule has 1 aliphatic heterocycles. The van der Waals surface area contributed by atoms with Crippen molar-refractivity contribution in [1.82, 2.24) is 15.5 Å². The zero-order chi connectivity index (χ0) is 11.4. The monoisotopic (exact) mass is 259 g/mol. The molecule has 6 heteroatoms. The molecule has 1 saturated heterocycles. The van der Waals surface area contributed by atoms with Crippen LogP contribution in [0.25, 0.3) is 0 Å². The van der Waals surface area contributed by atoms with Crippen LogP contribution in [0.5, 0.6) is 0 Å². The van der Waals surface area contributed by atoms with Crippen molar-refractivity contribution in [2.45, 2.75) is 30.9 Å². The van der Waals surface area contributed by atoms with Crippen LogP contribution in [0.15, 0.2) is 4.52 Å². The molecule has 0 aromatic carbocycles. The molecule has 0 aliphatic carbocycles. The number of hydrogen-bond donors (Lipinski definition) is 1. The second-order valence-electron chi connectivity index (χ2n) is 3.69. The number of hydrogen-bond acceptors (Lipinski definition) is 6. The normalized spacial score (nSPS) is 25.9. The van der Waals surface area contributed by atoms with E-state index in [-0.39, 0.29) is 0 Å². The summed E-state index contributed by atoms with van der Waals surface area (Å²) in [5, 5.41) is 8.23. The Morgan fingerprint density at radius 3 is 3.00 bits per heavy atom. The van der Waals surface area contributed by atoms with E-state index in [9.17, 15) is 0 Å². The van der Waals surface area contributed by atoms with E-state index in [4.69, 9.17) is 4.52 Å². The molecule has 4 nitrogen and oxygen atoms in total. The molecule has 16 heavy (non-hydrogen) atoms. The first-order chi connectivity index (χ1) is 7.81. The summed E-state index contributed by atoms with van der Waals surface area (Å²) in [6, 6.07) is 0. The molecule has 2 rings (SSSR count). The number of nitrogens with zero attached hydrogens (tertiary/aromatic N) is 2. The molecular weight excluding hydrogens is 242 g/mol. The molecule has 0 saturated carbocycles. The van der Waals surface area contributed by atoms with Crippen LogP contribution in [-0.2, 0) is 6.54 Å². The van der Waals surface area contributed by atoms with Crippen molar-refractivity contribution >= 4 is 23.5 Å². The van der Waals surface area contributed by atoms with Crippen LogP contribution >= 0.6 is 23.5 Å². The van der Waals surface area contributed by atoms with Crippen molar-refractivity contribution in [3.05, 3.63) is 11.7 Å². The Bertz CT molecular complexity index is 332. The fraction of sp³-hybridized carbons (Fsp3) is 0.800. The maximum atomic E-state index is 5.22. The van der Waals surface area contributed by atoms with Gasteiger partial charge in [0.1, 0.15) is 0 Å². The molecule has 0 radical (unpaired) electrons. The van der Waals surface area contributed by atoms with Gasteiger partial charge in [0.2, 0.25) is 5.89 Å². The van der Waals surface area contributed by atoms with Crippen LogP contribution < -0.4 is 5.32 Å². The van der Waals surface area contributed by atoms with Crippen molar-refractivity contribution in [3.63, 3.8) is 0 Å². The van der Waals surface area contributed by atoms with Gasteiger partial charge in [0.25, 0.3) is 0 Å². The van der Waals surface area contributed by atoms with Crippen LogP contribution in [0.2, 0.25) is 0 Å². The molecule has 1 aliphatic rings. The highest BCUT2D eigenvalue weighted by Crippen LogP contribution is 2.40. The van der Waals surface area contributed by atoms with Gasteiger partial charge < -0.3 is 9.84 Å². The molecule has 2 heterocycles. The lowest BCUT2D eigenvalue weighted by molar-refractivity contribution is 0.364. The molecule has 1 aromatic rings. The van der Waals surface area contributed by atoms with Gasteiger partial charge in [-0.05, 0) is 6.54 Å². The Morgan fingerprint density at radius 1 is 1.44 bits per heavy atom. The lowest BCUT2D eigenvalue weighted by Crippen LogP contribution is -2.17. The van der Waals surface area contributed by atoms with Crippen LogP contribution in [0.1, 0.15) is 30.8 Å². The first-order valence-electron chi connectivity index (χ1n) is 5.57. The Hall–Kier alpha value is -0.200. The smallest absolute Gasteiger partial charge is 0.240 e. The first kappa shape index (κ1) is 12.3. The summed E-state index contributed by atoms with van der Waals surface area (Å²) >= 11 is 3.93. The van der Waals surface area contributed by atoms with E-state index in [2.05, 4.69) is 29.3 Å². The lowest BCUT2D eigenvalue weighted by atomic mass is 10.3. The highest BCUT2D eigenvalue weighted by atomic mass is 32.2. The van der Waals surface area contributed by atoms with Crippen molar-refractivity contribution < 1.29 is 4.52 Å². The van der Waals surface area contributed by atoms with Gasteiger partial charge in [0.15, 0.2) is 5.82 Å². The Labute approximate surface area is 104 Å². The van der Waals surface area contributed by atoms with E-state index < -0.39 is 0 Å². The van der Waals surface area contributed by atoms with Crippen molar-refractivity contribution in [3.8, 4) is 0 Å². The largest absolute Gasteiger partial charge is 0.338 e. The van der Waals surface area contributed by atoms with Crippen molar-refractivity contribution in [2.75, 3.05) is 18.1 Å². The summed E-state index contributed by atoms with van der Waals surface area (Å²) in [7, 11) is 0. The van der Waals surface area contributed by atoms with Gasteiger partial charge in [-0.25, -0.2) is 0 Å². The molecule has 2 unspecified atom stereocenters. The van der Waals surface area contributed by atoms with Gasteiger partial charge in [-0.15, -0.1) is 11.8 Å². The third-order valence-corrected chi connectivity index (χ3v) is 5.54. The molecule has 0 spiro atoms. The molecule has 1 fully saturated rings. The third-order valence-electron chi connectivity index (χ3n) is 2.45. The third kappa shape index (κ3) is 2.93. The average Bonchev–Trinajstić information content (AvgIpc) is 2.75. The summed E-state index contributed by atoms with van der Waals surface area (Å²) in [6.07, 6.45) is 0. The molecule has 90 valence electrons. The second-order valence-corrected chi connectivity index (χ2v) is 6.43. The van der Waals surface area contributed by atoms with Gasteiger partial charge >= 0.3 is 0 Å². The topological polar surface area (TPSA) is 51.0 Å². The lowest BCUT2D eigenvalue weighted by Gasteiger charge is -2.24. The summed E-state index contributed by atoms with van der Waals surface area (Å²) in [6.45, 7) is 5.89. The molecule has 2 atom stereocenters. The minimum absolute atomic E-state index is 0.387. The Balaban J connectivity index is 1.99. The quantitative estimate of drug-likeness (QED) is 0.893. The van der Waals surface area contributed by atoms with Gasteiger partial charge in [-0.1, -0.05) is 19.0 Å². The highest BCUT2D eigenvalue weighted by Gasteiger charge is 2.28. The number of nitrogens with one attached hydrogen (secondary N) is 1. The maximum Gasteiger partial charge on any atom is 0.240 e. The number of aromatic nitrogens is 2. The van der Waals surface area contributed by atoms with Crippen molar-refractivity contribution in [1.29, 1.82) is 0 Å². The van der Waals surface area contributed by atoms with E-state index in [1.807, 2.05) is 23.5 Å². The summed E-state index contributed by atoms with van der Waals surface area (Å²) in [5.41, 5.74) is 0. The molecular formula is C10H17N3OS2. The van der Waals surface area contributed by atoms with Gasteiger partial charge in [-0.2, -0.15) is 16.7 Å². The van der Waals surface area contributed by atoms with Crippen LogP contribution in [-0.4, -0.2) is 33.4 Å². The van der Waals surface area contributed by atoms with E-state index in [0.717, 1.165) is 12.4 Å². The van der Waals surface area contributed by atoms with Gasteiger partial charge in [0.05, 0.1) is 11.8 Å². The molecule has 0 amide bonds. The predicted octanol–water partition coefficient (Wildman–Crippen LogP) is 2.09. The Morgan fingerprint density at radius 2 is 2.25 bits per heavy atom. The summed E-state index contributed by atoms with van der Waals surface area (Å²) in [4.78, 5) is 4.45. The minimum Gasteiger partial charge on any atom is -0.338 e. The molecule has 1 N–H and O–H groups in total. The standard InChI is InChI=1S/C10H17N3OS2/c1-3-11-6-8-12-10(13-14-8)9-7(2)15-4-5-16-9/h7,9,11H,3-6H2,1-2H3. The van der Waals surface area contributed by atoms with E-state index in [1.54, 1.807) is 0 Å². The molecule has 0 bridgehead atoms. The summed E-state index contributed by atoms with van der Waals surface area (Å²) < 4.78 is 5.22. The van der Waals surface area contributed by atoms with Gasteiger partial charge in [0, 0.05) is 16.8 Å². The first-order valence-corrected chi connectivity index (χ1v) is 7.67. The van der Waals surface area contributed by atoms with Crippen LogP contribution in [0.4, 0.5) is 0 Å². The van der Waals surface area contributed by atoms with E-state index in [1.165, 1.54) is 11.5 Å². The highest BCUT2D eigenvalue weighted by molar-refractivity contribution is 8.06. The van der Waals surface area contributed by atoms with E-state index >= 15 is 0 Å². The fourth-order valence-electron chi connectivity index (χ4n) is 1.60. The zero-order valence-electron chi connectivity index (χ0n) is 9.60. The van der Waals surface area contributed by atoms with Crippen LogP contribution in [0.3, 0.4) is 0 Å². The zero-order valence-corrected chi connectivity index (χ0v) is 11.2. The van der Waals surface area contributed by atoms with Gasteiger partial charge in [-0.3, -0.25) is 0 Å². The second kappa shape index (κ2) is 5.93. The SMILES string of the molecule is CCNCc1nc(C2SCCSC2C)no1. The average molecular weight is 259 g/mol. The summed E-state index contributed by atoms with van der Waals surface area (Å²) in [5.74, 6) is 3.96. The maximum absolute atomic E-state index is 5.22. The molecule has 1 aromatic heterocycles. The fourth-order valence-corrected chi connectivity index (χ4v) is 4.28. The van der Waals surface area contributed by atoms with E-state index in [0.29, 0.717) is 22.9 Å². The number of rotatable bonds is 4. The number of thioether (sulfide) groups is 2. The predicted molar refractivity (Wildman–Crippen MR) is 68.8 cm³/mol. The van der Waals surface area contributed by atoms with Crippen molar-refractivity contribution in [2.24, 2.45) is 0 Å². The Kier molecular flexibility index (Phi) is 4.55. The van der Waals surface area contributed by atoms with Crippen LogP contribution in [0, 0.1) is 0 Å².